The van der Waals surface area contributed by atoms with Crippen molar-refractivity contribution in [1.82, 2.24) is 9.78 Å². The Bertz CT molecular complexity index is 993. The van der Waals surface area contributed by atoms with Crippen LogP contribution in [-0.2, 0) is 11.2 Å². The Morgan fingerprint density at radius 3 is 2.65 bits per heavy atom. The molecule has 2 aromatic carbocycles. The Labute approximate surface area is 163 Å². The second kappa shape index (κ2) is 7.86. The molecule has 5 nitrogen and oxygen atoms in total. The third kappa shape index (κ3) is 4.21. The van der Waals surface area contributed by atoms with Crippen LogP contribution in [0.15, 0.2) is 53.3 Å². The Balaban J connectivity index is 1.71. The van der Waals surface area contributed by atoms with Crippen molar-refractivity contribution in [3.05, 3.63) is 79.5 Å². The van der Waals surface area contributed by atoms with Crippen molar-refractivity contribution in [2.24, 2.45) is 0 Å². The fourth-order valence-electron chi connectivity index (χ4n) is 2.68. The molecule has 0 radical (unpaired) electrons. The van der Waals surface area contributed by atoms with Crippen LogP contribution in [0.1, 0.15) is 17.7 Å². The highest BCUT2D eigenvalue weighted by atomic mass is 127. The molecule has 1 heterocycles. The summed E-state index contributed by atoms with van der Waals surface area (Å²) < 4.78 is 15.5. The van der Waals surface area contributed by atoms with Crippen LogP contribution in [0.25, 0.3) is 5.69 Å². The lowest BCUT2D eigenvalue weighted by Gasteiger charge is -2.05. The zero-order valence-corrected chi connectivity index (χ0v) is 16.2. The molecule has 2 N–H and O–H groups in total. The standard InChI is InChI=1S/C19H17FIN3O2/c1-12-17(9-10-18(25)22-15-4-2-3-14(21)11-15)19(26)24(23-12)16-7-5-13(20)6-8-16/h2-8,11,23H,9-10H2,1H3,(H,22,25). The van der Waals surface area contributed by atoms with Gasteiger partial charge in [-0.1, -0.05) is 6.07 Å². The molecule has 0 atom stereocenters. The van der Waals surface area contributed by atoms with Crippen LogP contribution in [0, 0.1) is 16.3 Å². The van der Waals surface area contributed by atoms with Gasteiger partial charge in [-0.25, -0.2) is 9.07 Å². The van der Waals surface area contributed by atoms with Gasteiger partial charge in [-0.05, 0) is 78.4 Å². The van der Waals surface area contributed by atoms with Crippen molar-refractivity contribution in [3.63, 3.8) is 0 Å². The topological polar surface area (TPSA) is 66.9 Å². The number of carbonyl (C=O) groups is 1. The van der Waals surface area contributed by atoms with E-state index in [4.69, 9.17) is 0 Å². The average molecular weight is 465 g/mol. The normalized spacial score (nSPS) is 10.7. The number of aromatic amines is 1. The number of carbonyl (C=O) groups excluding carboxylic acids is 1. The fourth-order valence-corrected chi connectivity index (χ4v) is 3.22. The third-order valence-electron chi connectivity index (χ3n) is 3.99. The molecule has 0 aliphatic rings. The van der Waals surface area contributed by atoms with Crippen LogP contribution < -0.4 is 10.9 Å². The molecule has 134 valence electrons. The summed E-state index contributed by atoms with van der Waals surface area (Å²) in [5.41, 5.74) is 2.30. The number of hydrogen-bond donors (Lipinski definition) is 2. The second-order valence-electron chi connectivity index (χ2n) is 5.89. The number of hydrogen-bond acceptors (Lipinski definition) is 2. The highest BCUT2D eigenvalue weighted by molar-refractivity contribution is 14.1. The van der Waals surface area contributed by atoms with Crippen molar-refractivity contribution >= 4 is 34.2 Å². The molecule has 0 spiro atoms. The fraction of sp³-hybridized carbons (Fsp3) is 0.158. The van der Waals surface area contributed by atoms with Gasteiger partial charge in [0.15, 0.2) is 0 Å². The Morgan fingerprint density at radius 1 is 1.23 bits per heavy atom. The Kier molecular flexibility index (Phi) is 5.55. The summed E-state index contributed by atoms with van der Waals surface area (Å²) in [4.78, 5) is 24.8. The monoisotopic (exact) mass is 465 g/mol. The predicted octanol–water partition coefficient (Wildman–Crippen LogP) is 3.79. The van der Waals surface area contributed by atoms with Crippen LogP contribution in [-0.4, -0.2) is 15.7 Å². The number of H-pyrrole nitrogens is 1. The van der Waals surface area contributed by atoms with Crippen molar-refractivity contribution in [1.29, 1.82) is 0 Å². The van der Waals surface area contributed by atoms with Gasteiger partial charge in [0, 0.05) is 26.9 Å². The molecule has 0 saturated heterocycles. The summed E-state index contributed by atoms with van der Waals surface area (Å²) in [6, 6.07) is 13.2. The van der Waals surface area contributed by atoms with Gasteiger partial charge in [-0.15, -0.1) is 0 Å². The molecule has 26 heavy (non-hydrogen) atoms. The molecular formula is C19H17FIN3O2. The molecule has 1 aromatic heterocycles. The maximum atomic E-state index is 13.1. The summed E-state index contributed by atoms with van der Waals surface area (Å²) in [6.45, 7) is 1.79. The summed E-state index contributed by atoms with van der Waals surface area (Å²) in [6.07, 6.45) is 0.522. The van der Waals surface area contributed by atoms with Gasteiger partial charge in [0.2, 0.25) is 5.91 Å². The predicted molar refractivity (Wildman–Crippen MR) is 107 cm³/mol. The summed E-state index contributed by atoms with van der Waals surface area (Å²) in [5, 5.41) is 5.81. The lowest BCUT2D eigenvalue weighted by atomic mass is 10.1. The molecule has 0 saturated carbocycles. The van der Waals surface area contributed by atoms with Crippen LogP contribution >= 0.6 is 22.6 Å². The molecule has 3 aromatic rings. The van der Waals surface area contributed by atoms with E-state index in [0.29, 0.717) is 23.4 Å². The van der Waals surface area contributed by atoms with E-state index in [1.807, 2.05) is 24.3 Å². The summed E-state index contributed by atoms with van der Waals surface area (Å²) in [7, 11) is 0. The van der Waals surface area contributed by atoms with Crippen molar-refractivity contribution in [2.45, 2.75) is 19.8 Å². The van der Waals surface area contributed by atoms with E-state index in [9.17, 15) is 14.0 Å². The minimum Gasteiger partial charge on any atom is -0.326 e. The maximum absolute atomic E-state index is 13.1. The maximum Gasteiger partial charge on any atom is 0.274 e. The van der Waals surface area contributed by atoms with Gasteiger partial charge in [0.1, 0.15) is 5.82 Å². The zero-order valence-electron chi connectivity index (χ0n) is 14.1. The van der Waals surface area contributed by atoms with Gasteiger partial charge < -0.3 is 5.32 Å². The van der Waals surface area contributed by atoms with Gasteiger partial charge >= 0.3 is 0 Å². The minimum atomic E-state index is -0.363. The second-order valence-corrected chi connectivity index (χ2v) is 7.14. The summed E-state index contributed by atoms with van der Waals surface area (Å²) >= 11 is 2.18. The zero-order chi connectivity index (χ0) is 18.7. The first-order chi connectivity index (χ1) is 12.4. The molecule has 0 aliphatic heterocycles. The van der Waals surface area contributed by atoms with Crippen molar-refractivity contribution in [2.75, 3.05) is 5.32 Å². The Morgan fingerprint density at radius 2 is 1.96 bits per heavy atom. The molecule has 3 rings (SSSR count). The van der Waals surface area contributed by atoms with E-state index < -0.39 is 0 Å². The first kappa shape index (κ1) is 18.4. The molecule has 0 unspecified atom stereocenters. The molecule has 1 amide bonds. The molecule has 0 aliphatic carbocycles. The molecular weight excluding hydrogens is 448 g/mol. The van der Waals surface area contributed by atoms with Gasteiger partial charge in [0.25, 0.3) is 5.56 Å². The number of nitrogens with zero attached hydrogens (tertiary/aromatic N) is 1. The first-order valence-corrected chi connectivity index (χ1v) is 9.14. The van der Waals surface area contributed by atoms with E-state index in [1.165, 1.54) is 28.9 Å². The highest BCUT2D eigenvalue weighted by Gasteiger charge is 2.14. The molecule has 0 bridgehead atoms. The van der Waals surface area contributed by atoms with Crippen LogP contribution in [0.4, 0.5) is 10.1 Å². The van der Waals surface area contributed by atoms with Crippen LogP contribution in [0.5, 0.6) is 0 Å². The number of halogens is 2. The van der Waals surface area contributed by atoms with Gasteiger partial charge in [-0.2, -0.15) is 0 Å². The van der Waals surface area contributed by atoms with E-state index in [-0.39, 0.29) is 23.7 Å². The molecule has 7 heteroatoms. The lowest BCUT2D eigenvalue weighted by molar-refractivity contribution is -0.116. The van der Waals surface area contributed by atoms with Crippen molar-refractivity contribution in [3.8, 4) is 5.69 Å². The largest absolute Gasteiger partial charge is 0.326 e. The number of anilines is 1. The third-order valence-corrected chi connectivity index (χ3v) is 4.66. The molecule has 0 fully saturated rings. The number of nitrogens with one attached hydrogen (secondary N) is 2. The highest BCUT2D eigenvalue weighted by Crippen LogP contribution is 2.14. The number of rotatable bonds is 5. The number of aryl methyl sites for hydroxylation is 1. The Hall–Kier alpha value is -2.42. The van der Waals surface area contributed by atoms with E-state index in [1.54, 1.807) is 6.92 Å². The van der Waals surface area contributed by atoms with Gasteiger partial charge in [-0.3, -0.25) is 14.7 Å². The van der Waals surface area contributed by atoms with Crippen LogP contribution in [0.3, 0.4) is 0 Å². The lowest BCUT2D eigenvalue weighted by Crippen LogP contribution is -2.19. The number of amides is 1. The van der Waals surface area contributed by atoms with E-state index in [0.717, 1.165) is 9.26 Å². The van der Waals surface area contributed by atoms with Crippen LogP contribution in [0.2, 0.25) is 0 Å². The van der Waals surface area contributed by atoms with Gasteiger partial charge in [0.05, 0.1) is 5.69 Å². The smallest absolute Gasteiger partial charge is 0.274 e. The van der Waals surface area contributed by atoms with E-state index in [2.05, 4.69) is 33.0 Å². The number of benzene rings is 2. The SMILES string of the molecule is Cc1[nH]n(-c2ccc(F)cc2)c(=O)c1CCC(=O)Nc1cccc(I)c1. The minimum absolute atomic E-state index is 0.152. The number of aromatic nitrogens is 2. The first-order valence-electron chi connectivity index (χ1n) is 8.06. The van der Waals surface area contributed by atoms with Crippen molar-refractivity contribution < 1.29 is 9.18 Å². The van der Waals surface area contributed by atoms with E-state index >= 15 is 0 Å². The average Bonchev–Trinajstić information content (AvgIpc) is 2.88. The summed E-state index contributed by atoms with van der Waals surface area (Å²) in [5.74, 6) is -0.516. The quantitative estimate of drug-likeness (QED) is 0.564.